The molecule has 0 radical (unpaired) electrons. The minimum absolute atomic E-state index is 0.0307. The first-order chi connectivity index (χ1) is 6.07. The molecular weight excluding hydrogens is 357 g/mol. The third kappa shape index (κ3) is 2.35. The summed E-state index contributed by atoms with van der Waals surface area (Å²) in [4.78, 5) is 3.82. The summed E-state index contributed by atoms with van der Waals surface area (Å²) in [6, 6.07) is 0. The van der Waals surface area contributed by atoms with Gasteiger partial charge in [0.1, 0.15) is 0 Å². The molecule has 2 N–H and O–H groups in total. The van der Waals surface area contributed by atoms with Crippen LogP contribution in [-0.4, -0.2) is 4.98 Å². The van der Waals surface area contributed by atoms with Gasteiger partial charge in [0, 0.05) is 20.8 Å². The van der Waals surface area contributed by atoms with Gasteiger partial charge < -0.3 is 5.73 Å². The van der Waals surface area contributed by atoms with Crippen LogP contribution in [0.15, 0.2) is 10.7 Å². The van der Waals surface area contributed by atoms with E-state index in [1.165, 1.54) is 6.20 Å². The summed E-state index contributed by atoms with van der Waals surface area (Å²) < 4.78 is 26.1. The highest BCUT2D eigenvalue weighted by Crippen LogP contribution is 2.31. The van der Waals surface area contributed by atoms with Gasteiger partial charge in [-0.1, -0.05) is 0 Å². The van der Waals surface area contributed by atoms with Crippen LogP contribution in [0.25, 0.3) is 0 Å². The minimum Gasteiger partial charge on any atom is -0.325 e. The Morgan fingerprint density at radius 1 is 1.62 bits per heavy atom. The summed E-state index contributed by atoms with van der Waals surface area (Å²) in [5, 5.41) is 0. The number of alkyl halides is 2. The number of nitrogens with two attached hydrogens (primary N) is 1. The summed E-state index contributed by atoms with van der Waals surface area (Å²) in [7, 11) is 0. The molecule has 1 aromatic rings. The van der Waals surface area contributed by atoms with Gasteiger partial charge >= 0.3 is 0 Å². The molecular formula is C7H6BrF2IN2. The van der Waals surface area contributed by atoms with E-state index in [-0.39, 0.29) is 17.8 Å². The second-order valence-electron chi connectivity index (χ2n) is 2.29. The Bertz CT molecular complexity index is 320. The fourth-order valence-electron chi connectivity index (χ4n) is 0.901. The zero-order valence-electron chi connectivity index (χ0n) is 6.40. The van der Waals surface area contributed by atoms with Gasteiger partial charge in [-0.15, -0.1) is 0 Å². The molecule has 0 aliphatic rings. The third-order valence-electron chi connectivity index (χ3n) is 1.50. The highest BCUT2D eigenvalue weighted by molar-refractivity contribution is 14.1. The number of aromatic nitrogens is 1. The van der Waals surface area contributed by atoms with E-state index in [0.29, 0.717) is 8.04 Å². The van der Waals surface area contributed by atoms with E-state index >= 15 is 0 Å². The second kappa shape index (κ2) is 4.61. The average molecular weight is 363 g/mol. The lowest BCUT2D eigenvalue weighted by Gasteiger charge is -2.09. The molecule has 1 aromatic heterocycles. The predicted molar refractivity (Wildman–Crippen MR) is 57.5 cm³/mol. The summed E-state index contributed by atoms with van der Waals surface area (Å²) in [6.07, 6.45) is -1.05. The molecule has 0 aliphatic carbocycles. The first kappa shape index (κ1) is 11.3. The van der Waals surface area contributed by atoms with Crippen molar-refractivity contribution in [3.05, 3.63) is 25.5 Å². The van der Waals surface area contributed by atoms with Crippen molar-refractivity contribution in [3.63, 3.8) is 0 Å². The molecule has 13 heavy (non-hydrogen) atoms. The molecule has 0 bridgehead atoms. The maximum absolute atomic E-state index is 12.5. The van der Waals surface area contributed by atoms with Crippen LogP contribution in [0.5, 0.6) is 0 Å². The van der Waals surface area contributed by atoms with Crippen LogP contribution in [-0.2, 0) is 6.54 Å². The summed E-state index contributed by atoms with van der Waals surface area (Å²) in [5.41, 5.74) is 5.47. The van der Waals surface area contributed by atoms with E-state index in [9.17, 15) is 8.78 Å². The number of hydrogen-bond acceptors (Lipinski definition) is 2. The van der Waals surface area contributed by atoms with E-state index in [2.05, 4.69) is 20.9 Å². The Morgan fingerprint density at radius 3 is 2.69 bits per heavy atom. The van der Waals surface area contributed by atoms with Crippen molar-refractivity contribution in [1.29, 1.82) is 0 Å². The number of pyridine rings is 1. The summed E-state index contributed by atoms with van der Waals surface area (Å²) in [5.74, 6) is 0. The number of rotatable bonds is 2. The lowest BCUT2D eigenvalue weighted by molar-refractivity contribution is 0.148. The van der Waals surface area contributed by atoms with E-state index < -0.39 is 6.43 Å². The molecule has 0 spiro atoms. The second-order valence-corrected chi connectivity index (χ2v) is 4.22. The zero-order chi connectivity index (χ0) is 10.0. The van der Waals surface area contributed by atoms with Crippen molar-refractivity contribution in [1.82, 2.24) is 4.98 Å². The number of hydrogen-bond donors (Lipinski definition) is 1. The van der Waals surface area contributed by atoms with Gasteiger partial charge in [0.2, 0.25) is 0 Å². The van der Waals surface area contributed by atoms with Gasteiger partial charge in [-0.25, -0.2) is 8.78 Å². The summed E-state index contributed by atoms with van der Waals surface area (Å²) >= 11 is 4.98. The highest BCUT2D eigenvalue weighted by Gasteiger charge is 2.18. The molecule has 0 amide bonds. The summed E-state index contributed by atoms with van der Waals surface area (Å²) in [6.45, 7) is 0.0307. The maximum atomic E-state index is 12.5. The van der Waals surface area contributed by atoms with Gasteiger partial charge in [0.05, 0.1) is 11.3 Å². The zero-order valence-corrected chi connectivity index (χ0v) is 10.1. The Balaban J connectivity index is 3.32. The SMILES string of the molecule is NCc1ncc(Br)c(I)c1C(F)F. The quantitative estimate of drug-likeness (QED) is 0.821. The molecule has 1 heterocycles. The van der Waals surface area contributed by atoms with Crippen LogP contribution in [0.1, 0.15) is 17.7 Å². The van der Waals surface area contributed by atoms with Crippen molar-refractivity contribution in [2.75, 3.05) is 0 Å². The topological polar surface area (TPSA) is 38.9 Å². The highest BCUT2D eigenvalue weighted by atomic mass is 127. The van der Waals surface area contributed by atoms with Crippen LogP contribution >= 0.6 is 38.5 Å². The van der Waals surface area contributed by atoms with E-state index in [1.54, 1.807) is 0 Å². The first-order valence-electron chi connectivity index (χ1n) is 3.39. The average Bonchev–Trinajstić information content (AvgIpc) is 2.08. The van der Waals surface area contributed by atoms with Crippen molar-refractivity contribution in [2.24, 2.45) is 5.73 Å². The molecule has 0 aliphatic heterocycles. The van der Waals surface area contributed by atoms with Gasteiger partial charge in [-0.05, 0) is 38.5 Å². The van der Waals surface area contributed by atoms with Crippen molar-refractivity contribution < 1.29 is 8.78 Å². The first-order valence-corrected chi connectivity index (χ1v) is 5.26. The van der Waals surface area contributed by atoms with Gasteiger partial charge in [-0.3, -0.25) is 4.98 Å². The van der Waals surface area contributed by atoms with Gasteiger partial charge in [0.15, 0.2) is 0 Å². The standard InChI is InChI=1S/C7H6BrF2IN2/c8-3-2-13-4(1-12)5(6(3)11)7(9)10/h2,7H,1,12H2. The van der Waals surface area contributed by atoms with Crippen LogP contribution in [0, 0.1) is 3.57 Å². The Labute approximate surface area is 96.2 Å². The predicted octanol–water partition coefficient (Wildman–Crippen LogP) is 2.85. The van der Waals surface area contributed by atoms with Crippen molar-refractivity contribution >= 4 is 38.5 Å². The van der Waals surface area contributed by atoms with Crippen LogP contribution in [0.4, 0.5) is 8.78 Å². The normalized spacial score (nSPS) is 10.9. The molecule has 0 saturated heterocycles. The van der Waals surface area contributed by atoms with Crippen molar-refractivity contribution in [3.8, 4) is 0 Å². The van der Waals surface area contributed by atoms with Gasteiger partial charge in [-0.2, -0.15) is 0 Å². The Hall–Kier alpha value is 0.180. The monoisotopic (exact) mass is 362 g/mol. The number of nitrogens with zero attached hydrogens (tertiary/aromatic N) is 1. The van der Waals surface area contributed by atoms with E-state index in [0.717, 1.165) is 0 Å². The van der Waals surface area contributed by atoms with Crippen LogP contribution in [0.2, 0.25) is 0 Å². The third-order valence-corrected chi connectivity index (χ3v) is 4.01. The lowest BCUT2D eigenvalue weighted by atomic mass is 10.2. The molecule has 6 heteroatoms. The number of halogens is 4. The molecule has 1 rings (SSSR count). The van der Waals surface area contributed by atoms with Crippen molar-refractivity contribution in [2.45, 2.75) is 13.0 Å². The smallest absolute Gasteiger partial charge is 0.266 e. The Morgan fingerprint density at radius 2 is 2.23 bits per heavy atom. The largest absolute Gasteiger partial charge is 0.325 e. The van der Waals surface area contributed by atoms with Crippen LogP contribution in [0.3, 0.4) is 0 Å². The molecule has 0 atom stereocenters. The molecule has 72 valence electrons. The van der Waals surface area contributed by atoms with Crippen LogP contribution < -0.4 is 5.73 Å². The Kier molecular flexibility index (Phi) is 3.99. The molecule has 0 unspecified atom stereocenters. The molecule has 0 fully saturated rings. The fourth-order valence-corrected chi connectivity index (χ4v) is 1.90. The molecule has 2 nitrogen and oxygen atoms in total. The molecule has 0 aromatic carbocycles. The minimum atomic E-state index is -2.53. The van der Waals surface area contributed by atoms with E-state index in [4.69, 9.17) is 5.73 Å². The fraction of sp³-hybridized carbons (Fsp3) is 0.286. The molecule has 0 saturated carbocycles. The van der Waals surface area contributed by atoms with Gasteiger partial charge in [0.25, 0.3) is 6.43 Å². The maximum Gasteiger partial charge on any atom is 0.266 e. The van der Waals surface area contributed by atoms with E-state index in [1.807, 2.05) is 22.6 Å². The lowest BCUT2D eigenvalue weighted by Crippen LogP contribution is -2.07.